The number of hydrogen-bond acceptors (Lipinski definition) is 24. The second kappa shape index (κ2) is 68.8. The van der Waals surface area contributed by atoms with E-state index in [-0.39, 0.29) is 127 Å². The van der Waals surface area contributed by atoms with Crippen LogP contribution in [0, 0.1) is 0 Å². The van der Waals surface area contributed by atoms with Crippen molar-refractivity contribution in [3.05, 3.63) is 144 Å². The van der Waals surface area contributed by atoms with Gasteiger partial charge in [0.05, 0.1) is 11.1 Å². The zero-order valence-corrected chi connectivity index (χ0v) is 82.1. The molecule has 3 aliphatic rings. The van der Waals surface area contributed by atoms with Gasteiger partial charge in [0.2, 0.25) is 59.1 Å². The van der Waals surface area contributed by atoms with Gasteiger partial charge in [-0.15, -0.1) is 0 Å². The highest BCUT2D eigenvalue weighted by molar-refractivity contribution is 5.94. The number of hydrogen-bond donors (Lipinski definition) is 26. The molecular weight excluding hydrogens is 1870 g/mol. The summed E-state index contributed by atoms with van der Waals surface area (Å²) in [7, 11) is 0. The number of rotatable bonds is 66. The SMILES string of the molecule is O=C(O)CCC(NC(=O)N[C@@H](CCCCNC(=O)CCCCCCCNC(=O)[C@@H](Cc1ccccc1)NC(=O)[C@@H](Cc1ccccc1)NC(=O)CCCC(=O)NC12CNCCNCC(NC(=O)CCCC(=O)N[C@H](Cc3ccccc3)C(=O)N[C@H](Cc3ccccc3)C(=O)NCCCCCCCC(=O)NCCCC[C@H](NC(=O)N[C@@H](CCC(=O)O)C(=O)O)C(=O)O)(CNCCNC1)CNCCNC2)C(=O)O)C(=O)O. The summed E-state index contributed by atoms with van der Waals surface area (Å²) in [6, 6.07) is 24.5. The quantitative estimate of drug-likeness (QED) is 0.0276. The van der Waals surface area contributed by atoms with Crippen molar-refractivity contribution in [2.45, 2.75) is 265 Å². The van der Waals surface area contributed by atoms with Crippen molar-refractivity contribution in [2.24, 2.45) is 0 Å². The molecular formula is C100H150N20O24. The molecule has 2 bridgehead atoms. The predicted octanol–water partition coefficient (Wildman–Crippen LogP) is 1.14. The molecule has 0 spiro atoms. The predicted molar refractivity (Wildman–Crippen MR) is 533 cm³/mol. The number of unbranched alkanes of at least 4 members (excludes halogenated alkanes) is 10. The Morgan fingerprint density at radius 3 is 0.764 bits per heavy atom. The Labute approximate surface area is 839 Å². The van der Waals surface area contributed by atoms with Gasteiger partial charge >= 0.3 is 47.9 Å². The normalized spacial score (nSPS) is 16.6. The molecule has 8 atom stereocenters. The number of amides is 14. The van der Waals surface area contributed by atoms with Crippen molar-refractivity contribution in [1.29, 1.82) is 0 Å². The lowest BCUT2D eigenvalue weighted by atomic mass is 9.96. The van der Waals surface area contributed by atoms with Crippen LogP contribution in [-0.2, 0) is 102 Å². The van der Waals surface area contributed by atoms with Crippen molar-refractivity contribution in [1.82, 2.24) is 106 Å². The minimum absolute atomic E-state index is 0.0135. The molecule has 0 aliphatic carbocycles. The molecule has 0 saturated carbocycles. The third-order valence-electron chi connectivity index (χ3n) is 24.3. The lowest BCUT2D eigenvalue weighted by molar-refractivity contribution is -0.142. The molecule has 3 aliphatic heterocycles. The molecule has 26 N–H and O–H groups in total. The largest absolute Gasteiger partial charge is 0.481 e. The van der Waals surface area contributed by atoms with E-state index in [1.165, 1.54) is 0 Å². The van der Waals surface area contributed by atoms with Gasteiger partial charge in [-0.25, -0.2) is 28.8 Å². The number of carbonyl (C=O) groups excluding carboxylic acids is 12. The van der Waals surface area contributed by atoms with Crippen LogP contribution in [0.3, 0.4) is 0 Å². The topological polar surface area (TPSA) is 669 Å². The number of carbonyl (C=O) groups is 18. The zero-order chi connectivity index (χ0) is 105. The Balaban J connectivity index is 0.915. The first-order valence-corrected chi connectivity index (χ1v) is 50.1. The molecule has 3 saturated heterocycles. The van der Waals surface area contributed by atoms with Gasteiger partial charge in [0, 0.05) is 182 Å². The Morgan fingerprint density at radius 2 is 0.479 bits per heavy atom. The summed E-state index contributed by atoms with van der Waals surface area (Å²) in [6.07, 6.45) is 7.49. The highest BCUT2D eigenvalue weighted by atomic mass is 16.4. The Bertz CT molecular complexity index is 4340. The van der Waals surface area contributed by atoms with Crippen molar-refractivity contribution in [3.63, 3.8) is 0 Å². The summed E-state index contributed by atoms with van der Waals surface area (Å²) in [6.45, 7) is 6.09. The van der Waals surface area contributed by atoms with E-state index in [4.69, 9.17) is 10.2 Å². The zero-order valence-electron chi connectivity index (χ0n) is 82.1. The highest BCUT2D eigenvalue weighted by Crippen LogP contribution is 2.17. The van der Waals surface area contributed by atoms with Gasteiger partial charge in [-0.2, -0.15) is 0 Å². The van der Waals surface area contributed by atoms with E-state index >= 15 is 0 Å². The van der Waals surface area contributed by atoms with Gasteiger partial charge in [0.1, 0.15) is 48.3 Å². The van der Waals surface area contributed by atoms with E-state index in [9.17, 15) is 107 Å². The van der Waals surface area contributed by atoms with Crippen LogP contribution in [0.15, 0.2) is 121 Å². The van der Waals surface area contributed by atoms with Crippen LogP contribution in [0.2, 0.25) is 0 Å². The third kappa shape index (κ3) is 51.6. The second-order valence-corrected chi connectivity index (χ2v) is 36.5. The van der Waals surface area contributed by atoms with E-state index in [2.05, 4.69) is 106 Å². The van der Waals surface area contributed by atoms with Crippen LogP contribution in [0.1, 0.15) is 202 Å². The molecule has 7 rings (SSSR count). The molecule has 44 heteroatoms. The maximum absolute atomic E-state index is 14.5. The molecule has 14 amide bonds. The highest BCUT2D eigenvalue weighted by Gasteiger charge is 2.37. The number of benzene rings is 4. The fourth-order valence-corrected chi connectivity index (χ4v) is 16.4. The van der Waals surface area contributed by atoms with Crippen LogP contribution >= 0.6 is 0 Å². The molecule has 3 fully saturated rings. The first-order chi connectivity index (χ1) is 69.3. The molecule has 0 radical (unpaired) electrons. The number of nitrogens with one attached hydrogen (secondary N) is 20. The summed E-state index contributed by atoms with van der Waals surface area (Å²) in [5.74, 6) is -12.1. The lowest BCUT2D eigenvalue weighted by Gasteiger charge is -2.39. The monoisotopic (exact) mass is 2020 g/mol. The minimum atomic E-state index is -1.53. The van der Waals surface area contributed by atoms with Crippen LogP contribution in [0.4, 0.5) is 9.59 Å². The first kappa shape index (κ1) is 119. The summed E-state index contributed by atoms with van der Waals surface area (Å²) >= 11 is 0. The second-order valence-electron chi connectivity index (χ2n) is 36.5. The molecule has 4 aromatic rings. The van der Waals surface area contributed by atoms with Gasteiger partial charge in [0.25, 0.3) is 0 Å². The van der Waals surface area contributed by atoms with Crippen molar-refractivity contribution in [2.75, 3.05) is 105 Å². The molecule has 1 unspecified atom stereocenters. The number of carboxylic acids is 6. The van der Waals surface area contributed by atoms with E-state index in [0.717, 1.165) is 60.8 Å². The summed E-state index contributed by atoms with van der Waals surface area (Å²) < 4.78 is 0. The molecule has 794 valence electrons. The average Bonchev–Trinajstić information content (AvgIpc) is 0.839. The van der Waals surface area contributed by atoms with Gasteiger partial charge in [-0.1, -0.05) is 160 Å². The van der Waals surface area contributed by atoms with Crippen molar-refractivity contribution < 1.29 is 117 Å². The third-order valence-corrected chi connectivity index (χ3v) is 24.3. The van der Waals surface area contributed by atoms with Crippen LogP contribution in [-0.4, -0.2) is 302 Å². The molecule has 44 nitrogen and oxygen atoms in total. The smallest absolute Gasteiger partial charge is 0.326 e. The van der Waals surface area contributed by atoms with Crippen LogP contribution < -0.4 is 106 Å². The summed E-state index contributed by atoms with van der Waals surface area (Å²) in [5.41, 5.74) is 1.42. The van der Waals surface area contributed by atoms with E-state index in [1.807, 2.05) is 121 Å². The van der Waals surface area contributed by atoms with Gasteiger partial charge in [-0.3, -0.25) is 57.5 Å². The Morgan fingerprint density at radius 1 is 0.236 bits per heavy atom. The first-order valence-electron chi connectivity index (χ1n) is 50.1. The van der Waals surface area contributed by atoms with Gasteiger partial charge < -0.3 is 137 Å². The maximum Gasteiger partial charge on any atom is 0.326 e. The maximum atomic E-state index is 14.5. The standard InChI is InChI=1S/C100H150N20O24/c121-81(107-49-25-21-37-73(93(135)136)115-97(143)117-75(95(139)140)45-47-87(127)128)39-19-3-1-5-23-51-109-89(131)77(59-69-29-11-7-12-30-69)113-91(133)79(61-71-33-15-9-16-34-71)111-83(123)41-27-43-85(125)119-99-63-101-53-56-104-66-100(67-105-57-54-102-64-99,68-106-58-55-103-65-99)120-86(126)44-28-42-84(124)112-80(62-72-35-17-10-18-36-72)92(134)114-78(60-70-31-13-8-14-32-70)90(132)110-52-24-6-2-4-20-40-82(122)108-50-26-22-38-74(94(137)138)116-98(144)118-76(96(141)142)46-48-88(129)130/h7-18,29-36,73-80,101-106H,1-6,19-28,37-68H2,(H,107,121)(H,108,122)(H,109,131)(H,110,132)(H,111,123)(H,112,124)(H,113,133)(H,114,134)(H,119,125)(H,120,126)(H,127,128)(H,129,130)(H,135,136)(H,137,138)(H,139,140)(H,141,142)(H2,115,117,143)(H2,116,118,144)/t73-,74-,75-,76?,77+,78+,79+,80+,99?,100?/m0/s1. The number of urea groups is 2. The van der Waals surface area contributed by atoms with E-state index in [1.54, 1.807) is 0 Å². The summed E-state index contributed by atoms with van der Waals surface area (Å²) in [5, 5.41) is 115. The number of aliphatic carboxylic acids is 6. The van der Waals surface area contributed by atoms with Gasteiger partial charge in [-0.05, 0) is 112 Å². The Kier molecular flexibility index (Phi) is 57.1. The fraction of sp³-hybridized carbons (Fsp3) is 0.580. The van der Waals surface area contributed by atoms with Crippen molar-refractivity contribution >= 4 is 107 Å². The van der Waals surface area contributed by atoms with E-state index in [0.29, 0.717) is 143 Å². The Hall–Kier alpha value is -13.3. The minimum Gasteiger partial charge on any atom is -0.481 e. The van der Waals surface area contributed by atoms with Crippen molar-refractivity contribution in [3.8, 4) is 0 Å². The summed E-state index contributed by atoms with van der Waals surface area (Å²) in [4.78, 5) is 231. The molecule has 3 heterocycles. The molecule has 0 aromatic heterocycles. The fourth-order valence-electron chi connectivity index (χ4n) is 16.4. The average molecular weight is 2020 g/mol. The van der Waals surface area contributed by atoms with Gasteiger partial charge in [0.15, 0.2) is 0 Å². The van der Waals surface area contributed by atoms with Crippen LogP contribution in [0.25, 0.3) is 0 Å². The number of fused-ring (bicyclic) bond motifs is 15. The van der Waals surface area contributed by atoms with Crippen LogP contribution in [0.5, 0.6) is 0 Å². The molecule has 4 aromatic carbocycles. The molecule has 144 heavy (non-hydrogen) atoms. The van der Waals surface area contributed by atoms with E-state index < -0.39 is 168 Å². The number of carboxylic acid groups (broad SMARTS) is 6. The lowest BCUT2D eigenvalue weighted by Crippen LogP contribution is -2.68.